The van der Waals surface area contributed by atoms with Crippen LogP contribution in [0.1, 0.15) is 13.8 Å². The molecule has 0 aromatic carbocycles. The molecule has 2 aliphatic carbocycles. The van der Waals surface area contributed by atoms with Crippen LogP contribution in [0.25, 0.3) is 11.1 Å². The van der Waals surface area contributed by atoms with E-state index in [1.807, 2.05) is 6.07 Å². The Bertz CT molecular complexity index is 313. The van der Waals surface area contributed by atoms with Gasteiger partial charge in [0, 0.05) is 0 Å². The summed E-state index contributed by atoms with van der Waals surface area (Å²) in [4.78, 5) is 0. The molecule has 0 aromatic heterocycles. The van der Waals surface area contributed by atoms with Gasteiger partial charge in [0.25, 0.3) is 0 Å². The molecule has 0 saturated carbocycles. The molecular weight excluding hydrogens is 234 g/mol. The summed E-state index contributed by atoms with van der Waals surface area (Å²) in [5, 5.41) is 3.06. The first-order chi connectivity index (χ1) is 7.38. The predicted molar refractivity (Wildman–Crippen MR) is 64.0 cm³/mol. The van der Waals surface area contributed by atoms with E-state index in [1.165, 1.54) is 21.2 Å². The minimum Gasteiger partial charge on any atom is -0.0622 e. The third kappa shape index (κ3) is 4.58. The molecule has 0 heterocycles. The van der Waals surface area contributed by atoms with Crippen LogP contribution in [0.5, 0.6) is 0 Å². The molecule has 0 aliphatic heterocycles. The van der Waals surface area contributed by atoms with E-state index in [4.69, 9.17) is 0 Å². The molecule has 0 fully saturated rings. The fraction of sp³-hybridized carbons (Fsp3) is 0.286. The van der Waals surface area contributed by atoms with Crippen LogP contribution < -0.4 is 0 Å². The molecule has 2 aliphatic rings. The first-order valence-corrected chi connectivity index (χ1v) is 10.0. The monoisotopic (exact) mass is 250 g/mol. The SMILES string of the molecule is C[CH2][Zn][CH2]C.c1ccc2cccc-2cc1. The van der Waals surface area contributed by atoms with Crippen LogP contribution in [-0.4, -0.2) is 0 Å². The van der Waals surface area contributed by atoms with Gasteiger partial charge < -0.3 is 0 Å². The van der Waals surface area contributed by atoms with Crippen molar-refractivity contribution in [3.63, 3.8) is 0 Å². The van der Waals surface area contributed by atoms with Crippen molar-refractivity contribution in [2.24, 2.45) is 0 Å². The van der Waals surface area contributed by atoms with Gasteiger partial charge in [-0.3, -0.25) is 0 Å². The van der Waals surface area contributed by atoms with Crippen molar-refractivity contribution in [2.75, 3.05) is 0 Å². The van der Waals surface area contributed by atoms with E-state index >= 15 is 0 Å². The zero-order valence-corrected chi connectivity index (χ0v) is 12.7. The molecule has 2 rings (SSSR count). The fourth-order valence-corrected chi connectivity index (χ4v) is 2.97. The fourth-order valence-electron chi connectivity index (χ4n) is 1.49. The minimum atomic E-state index is 0.0972. The standard InChI is InChI=1S/C10H8.2C2H5.Zn/c1-2-5-9-7-4-8-10(9)6-3-1;2*1-2;/h1-8H;2*1H2,2H3;. The molecule has 0 bridgehead atoms. The van der Waals surface area contributed by atoms with Crippen LogP contribution >= 0.6 is 0 Å². The van der Waals surface area contributed by atoms with Crippen LogP contribution in [0.2, 0.25) is 10.0 Å². The van der Waals surface area contributed by atoms with Crippen LogP contribution in [0.15, 0.2) is 48.5 Å². The number of fused-ring (bicyclic) bond motifs is 1. The van der Waals surface area contributed by atoms with Gasteiger partial charge in [-0.15, -0.1) is 0 Å². The van der Waals surface area contributed by atoms with Crippen molar-refractivity contribution in [1.29, 1.82) is 0 Å². The molecule has 0 saturated heterocycles. The molecule has 0 spiro atoms. The maximum absolute atomic E-state index is 2.30. The molecule has 0 atom stereocenters. The Morgan fingerprint density at radius 2 is 1.20 bits per heavy atom. The maximum atomic E-state index is 2.30. The number of rotatable bonds is 2. The largest absolute Gasteiger partial charge is 0.0622 e. The van der Waals surface area contributed by atoms with Gasteiger partial charge in [-0.2, -0.15) is 0 Å². The van der Waals surface area contributed by atoms with Crippen molar-refractivity contribution in [3.05, 3.63) is 48.5 Å². The molecule has 76 valence electrons. The van der Waals surface area contributed by atoms with Crippen LogP contribution in [0, 0.1) is 0 Å². The zero-order chi connectivity index (χ0) is 10.9. The summed E-state index contributed by atoms with van der Waals surface area (Å²) in [7, 11) is 0. The summed E-state index contributed by atoms with van der Waals surface area (Å²) in [5.41, 5.74) is 2.62. The second-order valence-electron chi connectivity index (χ2n) is 3.70. The molecule has 0 aromatic rings. The zero-order valence-electron chi connectivity index (χ0n) is 9.74. The summed E-state index contributed by atoms with van der Waals surface area (Å²) < 4.78 is 0. The van der Waals surface area contributed by atoms with Gasteiger partial charge in [0.2, 0.25) is 0 Å². The van der Waals surface area contributed by atoms with E-state index in [0.717, 1.165) is 0 Å². The van der Waals surface area contributed by atoms with Crippen LogP contribution in [0.4, 0.5) is 0 Å². The maximum Gasteiger partial charge on any atom is -0.0184 e. The molecular formula is C14H18Zn. The average molecular weight is 252 g/mol. The van der Waals surface area contributed by atoms with Gasteiger partial charge >= 0.3 is 41.0 Å². The topological polar surface area (TPSA) is 0 Å². The van der Waals surface area contributed by atoms with Crippen molar-refractivity contribution in [1.82, 2.24) is 0 Å². The van der Waals surface area contributed by atoms with Gasteiger partial charge in [0.15, 0.2) is 0 Å². The third-order valence-electron chi connectivity index (χ3n) is 2.37. The van der Waals surface area contributed by atoms with Crippen LogP contribution in [0.3, 0.4) is 0 Å². The Balaban J connectivity index is 0.000000195. The van der Waals surface area contributed by atoms with Gasteiger partial charge in [-0.1, -0.05) is 48.5 Å². The second-order valence-corrected chi connectivity index (χ2v) is 9.38. The Morgan fingerprint density at radius 1 is 0.733 bits per heavy atom. The molecule has 0 N–H and O–H groups in total. The Morgan fingerprint density at radius 3 is 1.60 bits per heavy atom. The molecule has 0 nitrogen and oxygen atoms in total. The first kappa shape index (κ1) is 12.4. The molecule has 0 amide bonds. The summed E-state index contributed by atoms with van der Waals surface area (Å²) in [6, 6.07) is 16.7. The third-order valence-corrected chi connectivity index (χ3v) is 5.33. The predicted octanol–water partition coefficient (Wildman–Crippen LogP) is 4.74. The van der Waals surface area contributed by atoms with Crippen LogP contribution in [-0.2, 0) is 17.1 Å². The van der Waals surface area contributed by atoms with E-state index in [9.17, 15) is 0 Å². The normalized spacial score (nSPS) is 8.93. The first-order valence-electron chi connectivity index (χ1n) is 5.82. The van der Waals surface area contributed by atoms with E-state index in [2.05, 4.69) is 56.3 Å². The molecule has 0 radical (unpaired) electrons. The van der Waals surface area contributed by atoms with Gasteiger partial charge in [-0.05, 0) is 11.1 Å². The molecule has 1 heteroatoms. The summed E-state index contributed by atoms with van der Waals surface area (Å²) in [6.07, 6.45) is 0. The van der Waals surface area contributed by atoms with Gasteiger partial charge in [0.05, 0.1) is 0 Å². The summed E-state index contributed by atoms with van der Waals surface area (Å²) in [5.74, 6) is 0. The summed E-state index contributed by atoms with van der Waals surface area (Å²) in [6.45, 7) is 4.59. The van der Waals surface area contributed by atoms with Crippen molar-refractivity contribution in [3.8, 4) is 11.1 Å². The van der Waals surface area contributed by atoms with E-state index in [0.29, 0.717) is 0 Å². The van der Waals surface area contributed by atoms with E-state index in [-0.39, 0.29) is 17.1 Å². The van der Waals surface area contributed by atoms with E-state index < -0.39 is 0 Å². The molecule has 0 unspecified atom stereocenters. The summed E-state index contributed by atoms with van der Waals surface area (Å²) >= 11 is 0.0972. The Labute approximate surface area is 101 Å². The molecule has 15 heavy (non-hydrogen) atoms. The second kappa shape index (κ2) is 7.59. The average Bonchev–Trinajstić information content (AvgIpc) is 2.58. The Kier molecular flexibility index (Phi) is 6.27. The van der Waals surface area contributed by atoms with Gasteiger partial charge in [-0.25, -0.2) is 0 Å². The number of hydrogen-bond donors (Lipinski definition) is 0. The van der Waals surface area contributed by atoms with Crippen molar-refractivity contribution >= 4 is 0 Å². The van der Waals surface area contributed by atoms with Gasteiger partial charge in [0.1, 0.15) is 0 Å². The minimum absolute atomic E-state index is 0.0972. The Hall–Kier alpha value is -0.677. The smallest absolute Gasteiger partial charge is 0.0184 e. The van der Waals surface area contributed by atoms with Crippen molar-refractivity contribution in [2.45, 2.75) is 23.9 Å². The van der Waals surface area contributed by atoms with Crippen molar-refractivity contribution < 1.29 is 17.1 Å². The quantitative estimate of drug-likeness (QED) is 0.677. The number of hydrogen-bond acceptors (Lipinski definition) is 0. The van der Waals surface area contributed by atoms with E-state index in [1.54, 1.807) is 0 Å².